The van der Waals surface area contributed by atoms with Gasteiger partial charge in [-0.15, -0.1) is 0 Å². The van der Waals surface area contributed by atoms with Crippen LogP contribution >= 0.6 is 0 Å². The van der Waals surface area contributed by atoms with E-state index in [0.29, 0.717) is 0 Å². The quantitative estimate of drug-likeness (QED) is 0.247. The predicted molar refractivity (Wildman–Crippen MR) is 78.5 cm³/mol. The number of ether oxygens (including phenoxy) is 3. The molecule has 7 N–H and O–H groups in total. The zero-order valence-electron chi connectivity index (χ0n) is 13.1. The maximum Gasteiger partial charge on any atom is 0.211 e. The summed E-state index contributed by atoms with van der Waals surface area (Å²) in [4.78, 5) is 0. The Morgan fingerprint density at radius 3 is 2.40 bits per heavy atom. The Balaban J connectivity index is 1.80. The average molecular weight is 362 g/mol. The Bertz CT molecular complexity index is 548. The van der Waals surface area contributed by atoms with Crippen molar-refractivity contribution in [3.63, 3.8) is 0 Å². The second kappa shape index (κ2) is 6.91. The minimum Gasteiger partial charge on any atom is -0.472 e. The first-order valence-electron chi connectivity index (χ1n) is 7.84. The van der Waals surface area contributed by atoms with E-state index >= 15 is 0 Å². The van der Waals surface area contributed by atoms with Crippen LogP contribution in [-0.2, 0) is 14.2 Å². The minimum absolute atomic E-state index is 0.272. The minimum atomic E-state index is -1.77. The second-order valence-electron chi connectivity index (χ2n) is 6.35. The Hall–Kier alpha value is -1.08. The zero-order chi connectivity index (χ0) is 18.4. The van der Waals surface area contributed by atoms with E-state index in [-0.39, 0.29) is 5.57 Å². The molecular weight excluding hydrogens is 340 g/mol. The van der Waals surface area contributed by atoms with Crippen LogP contribution in [0.1, 0.15) is 0 Å². The lowest BCUT2D eigenvalue weighted by Crippen LogP contribution is -2.61. The number of aliphatic hydroxyl groups is 7. The lowest BCUT2D eigenvalue weighted by Gasteiger charge is -2.44. The van der Waals surface area contributed by atoms with Crippen LogP contribution < -0.4 is 0 Å². The highest BCUT2D eigenvalue weighted by Crippen LogP contribution is 2.43. The summed E-state index contributed by atoms with van der Waals surface area (Å²) in [7, 11) is 0. The Morgan fingerprint density at radius 2 is 1.76 bits per heavy atom. The van der Waals surface area contributed by atoms with Gasteiger partial charge < -0.3 is 50.0 Å². The molecular formula is C15H22O10. The van der Waals surface area contributed by atoms with E-state index in [1.54, 1.807) is 0 Å². The van der Waals surface area contributed by atoms with Crippen molar-refractivity contribution in [1.29, 1.82) is 0 Å². The van der Waals surface area contributed by atoms with Crippen LogP contribution in [0.15, 0.2) is 24.0 Å². The molecule has 0 saturated carbocycles. The summed E-state index contributed by atoms with van der Waals surface area (Å²) in [5, 5.41) is 69.0. The molecule has 0 aromatic rings. The van der Waals surface area contributed by atoms with Crippen molar-refractivity contribution in [3.05, 3.63) is 24.0 Å². The number of rotatable bonds is 4. The zero-order valence-corrected chi connectivity index (χ0v) is 13.1. The number of hydrogen-bond donors (Lipinski definition) is 7. The normalized spacial score (nSPS) is 49.5. The molecule has 0 bridgehead atoms. The van der Waals surface area contributed by atoms with Crippen molar-refractivity contribution >= 4 is 0 Å². The molecule has 25 heavy (non-hydrogen) atoms. The van der Waals surface area contributed by atoms with Crippen LogP contribution in [-0.4, -0.2) is 97.7 Å². The maximum absolute atomic E-state index is 10.6. The van der Waals surface area contributed by atoms with Crippen LogP contribution in [0.3, 0.4) is 0 Å². The Kier molecular flexibility index (Phi) is 5.17. The summed E-state index contributed by atoms with van der Waals surface area (Å²) in [6, 6.07) is 0. The third-order valence-corrected chi connectivity index (χ3v) is 4.86. The smallest absolute Gasteiger partial charge is 0.211 e. The molecule has 1 saturated heterocycles. The molecule has 1 fully saturated rings. The van der Waals surface area contributed by atoms with Crippen molar-refractivity contribution in [2.45, 2.75) is 48.7 Å². The topological polar surface area (TPSA) is 169 Å². The summed E-state index contributed by atoms with van der Waals surface area (Å²) < 4.78 is 16.0. The predicted octanol–water partition coefficient (Wildman–Crippen LogP) is -3.69. The van der Waals surface area contributed by atoms with Gasteiger partial charge in [0.25, 0.3) is 0 Å². The van der Waals surface area contributed by atoms with Gasteiger partial charge in [-0.05, 0) is 11.6 Å². The monoisotopic (exact) mass is 362 g/mol. The van der Waals surface area contributed by atoms with E-state index in [4.69, 9.17) is 14.2 Å². The molecule has 2 heterocycles. The van der Waals surface area contributed by atoms with Crippen molar-refractivity contribution in [3.8, 4) is 0 Å². The molecule has 0 radical (unpaired) electrons. The number of aliphatic hydroxyl groups excluding tert-OH is 6. The maximum atomic E-state index is 10.6. The Labute approximate surface area is 142 Å². The largest absolute Gasteiger partial charge is 0.472 e. The van der Waals surface area contributed by atoms with E-state index in [2.05, 4.69) is 0 Å². The molecule has 142 valence electrons. The first kappa shape index (κ1) is 18.7. The van der Waals surface area contributed by atoms with Crippen LogP contribution in [0.5, 0.6) is 0 Å². The first-order chi connectivity index (χ1) is 11.8. The summed E-state index contributed by atoms with van der Waals surface area (Å²) in [5.74, 6) is -0.982. The average Bonchev–Trinajstić information content (AvgIpc) is 2.87. The standard InChI is InChI=1S/C15H22O10/c16-4-6-3-8(18)15(22)1-2-23-13(9(6)15)25-14-12(21)11(20)10(19)7(5-17)24-14/h1-3,7-14,16-22H,4-5H2/t7-,8-,9+,10-,11+,12-,13+,14+,15+/m1/s1. The molecule has 0 aromatic heterocycles. The SMILES string of the molecule is OCC1=C[C@@H](O)[C@@]2(O)C=CO[C@@H](O[C@@H]3O[C@H](CO)[C@@H](O)[C@H](O)[C@H]3O)[C@H]12. The molecule has 0 spiro atoms. The summed E-state index contributed by atoms with van der Waals surface area (Å²) in [6.07, 6.45) is -6.37. The van der Waals surface area contributed by atoms with Gasteiger partial charge in [-0.2, -0.15) is 0 Å². The van der Waals surface area contributed by atoms with E-state index < -0.39 is 67.8 Å². The molecule has 3 aliphatic rings. The molecule has 0 aromatic carbocycles. The number of fused-ring (bicyclic) bond motifs is 1. The third kappa shape index (κ3) is 2.99. The van der Waals surface area contributed by atoms with E-state index in [1.165, 1.54) is 12.2 Å². The van der Waals surface area contributed by atoms with Gasteiger partial charge in [0.1, 0.15) is 36.1 Å². The fourth-order valence-electron chi connectivity index (χ4n) is 3.39. The van der Waals surface area contributed by atoms with Crippen molar-refractivity contribution in [2.24, 2.45) is 5.92 Å². The molecule has 0 unspecified atom stereocenters. The highest BCUT2D eigenvalue weighted by Gasteiger charge is 2.55. The molecule has 0 amide bonds. The lowest BCUT2D eigenvalue weighted by atomic mass is 9.83. The number of hydrogen-bond acceptors (Lipinski definition) is 10. The first-order valence-corrected chi connectivity index (χ1v) is 7.84. The summed E-state index contributed by atoms with van der Waals surface area (Å²) in [6.45, 7) is -1.08. The van der Waals surface area contributed by atoms with Crippen LogP contribution in [0, 0.1) is 5.92 Å². The fraction of sp³-hybridized carbons (Fsp3) is 0.733. The van der Waals surface area contributed by atoms with Gasteiger partial charge in [0.05, 0.1) is 25.4 Å². The summed E-state index contributed by atoms with van der Waals surface area (Å²) >= 11 is 0. The van der Waals surface area contributed by atoms with E-state index in [1.807, 2.05) is 0 Å². The third-order valence-electron chi connectivity index (χ3n) is 4.86. The van der Waals surface area contributed by atoms with Crippen LogP contribution in [0.4, 0.5) is 0 Å². The van der Waals surface area contributed by atoms with Gasteiger partial charge in [-0.1, -0.05) is 6.08 Å². The van der Waals surface area contributed by atoms with Gasteiger partial charge >= 0.3 is 0 Å². The molecule has 9 atom stereocenters. The highest BCUT2D eigenvalue weighted by molar-refractivity contribution is 5.33. The second-order valence-corrected chi connectivity index (χ2v) is 6.35. The van der Waals surface area contributed by atoms with Crippen LogP contribution in [0.2, 0.25) is 0 Å². The van der Waals surface area contributed by atoms with Gasteiger partial charge in [-0.25, -0.2) is 0 Å². The van der Waals surface area contributed by atoms with E-state index in [9.17, 15) is 35.7 Å². The van der Waals surface area contributed by atoms with E-state index in [0.717, 1.165) is 6.26 Å². The molecule has 3 rings (SSSR count). The molecule has 10 heteroatoms. The van der Waals surface area contributed by atoms with Crippen molar-refractivity contribution < 1.29 is 50.0 Å². The van der Waals surface area contributed by atoms with Crippen molar-refractivity contribution in [2.75, 3.05) is 13.2 Å². The summed E-state index contributed by atoms with van der Waals surface area (Å²) in [5.41, 5.74) is -1.50. The van der Waals surface area contributed by atoms with Gasteiger partial charge in [-0.3, -0.25) is 0 Å². The van der Waals surface area contributed by atoms with Crippen molar-refractivity contribution in [1.82, 2.24) is 0 Å². The van der Waals surface area contributed by atoms with Crippen LogP contribution in [0.25, 0.3) is 0 Å². The van der Waals surface area contributed by atoms with Gasteiger partial charge in [0, 0.05) is 0 Å². The fourth-order valence-corrected chi connectivity index (χ4v) is 3.39. The van der Waals surface area contributed by atoms with Gasteiger partial charge in [0.15, 0.2) is 6.29 Å². The molecule has 10 nitrogen and oxygen atoms in total. The molecule has 1 aliphatic carbocycles. The molecule has 2 aliphatic heterocycles. The Morgan fingerprint density at radius 1 is 1.04 bits per heavy atom. The lowest BCUT2D eigenvalue weighted by molar-refractivity contribution is -0.344. The van der Waals surface area contributed by atoms with Gasteiger partial charge in [0.2, 0.25) is 6.29 Å². The highest BCUT2D eigenvalue weighted by atomic mass is 16.8.